The first kappa shape index (κ1) is 9.06. The van der Waals surface area contributed by atoms with Crippen LogP contribution >= 0.6 is 0 Å². The highest BCUT2D eigenvalue weighted by atomic mass is 16.5. The summed E-state index contributed by atoms with van der Waals surface area (Å²) in [6, 6.07) is 3.79. The molecule has 14 heavy (non-hydrogen) atoms. The second kappa shape index (κ2) is 3.33. The van der Waals surface area contributed by atoms with Gasteiger partial charge in [-0.05, 0) is 37.1 Å². The van der Waals surface area contributed by atoms with Gasteiger partial charge in [-0.2, -0.15) is 0 Å². The molecular formula is C11H13NO2. The van der Waals surface area contributed by atoms with Crippen LogP contribution in [0.3, 0.4) is 0 Å². The molecule has 0 amide bonds. The number of hydrogen-bond donors (Lipinski definition) is 1. The molecule has 0 atom stereocenters. The van der Waals surface area contributed by atoms with E-state index in [2.05, 4.69) is 4.99 Å². The number of aryl methyl sites for hydroxylation is 2. The fourth-order valence-electron chi connectivity index (χ4n) is 1.59. The van der Waals surface area contributed by atoms with Crippen molar-refractivity contribution in [3.8, 4) is 5.75 Å². The van der Waals surface area contributed by atoms with Gasteiger partial charge in [0, 0.05) is 5.56 Å². The van der Waals surface area contributed by atoms with Crippen LogP contribution in [-0.4, -0.2) is 24.2 Å². The maximum absolute atomic E-state index is 9.59. The molecular weight excluding hydrogens is 178 g/mol. The normalized spacial score (nSPS) is 15.1. The summed E-state index contributed by atoms with van der Waals surface area (Å²) in [5.74, 6) is 1.04. The van der Waals surface area contributed by atoms with Crippen molar-refractivity contribution in [2.45, 2.75) is 13.8 Å². The van der Waals surface area contributed by atoms with Gasteiger partial charge < -0.3 is 9.84 Å². The maximum Gasteiger partial charge on any atom is 0.216 e. The minimum atomic E-state index is 0.354. The van der Waals surface area contributed by atoms with Gasteiger partial charge in [-0.15, -0.1) is 0 Å². The molecule has 0 fully saturated rings. The van der Waals surface area contributed by atoms with Crippen LogP contribution < -0.4 is 0 Å². The average molecular weight is 191 g/mol. The standard InChI is InChI=1S/C11H13NO2/c1-7-5-9(6-8(2)10(7)13)11-12-3-4-14-11/h5-6,13H,3-4H2,1-2H3. The molecule has 3 nitrogen and oxygen atoms in total. The second-order valence-corrected chi connectivity index (χ2v) is 3.49. The van der Waals surface area contributed by atoms with Gasteiger partial charge in [-0.1, -0.05) is 0 Å². The van der Waals surface area contributed by atoms with E-state index in [0.717, 1.165) is 23.2 Å². The van der Waals surface area contributed by atoms with E-state index in [9.17, 15) is 5.11 Å². The number of aliphatic imine (C=N–C) groups is 1. The monoisotopic (exact) mass is 191 g/mol. The topological polar surface area (TPSA) is 41.8 Å². The number of aromatic hydroxyl groups is 1. The van der Waals surface area contributed by atoms with E-state index < -0.39 is 0 Å². The first-order valence-corrected chi connectivity index (χ1v) is 4.66. The Morgan fingerprint density at radius 1 is 1.29 bits per heavy atom. The summed E-state index contributed by atoms with van der Waals surface area (Å²) >= 11 is 0. The molecule has 1 N–H and O–H groups in total. The SMILES string of the molecule is Cc1cc(C2=NCCO2)cc(C)c1O. The molecule has 0 aliphatic carbocycles. The third-order valence-electron chi connectivity index (χ3n) is 2.32. The van der Waals surface area contributed by atoms with Gasteiger partial charge in [0.2, 0.25) is 5.90 Å². The van der Waals surface area contributed by atoms with E-state index in [1.807, 2.05) is 26.0 Å². The van der Waals surface area contributed by atoms with E-state index in [-0.39, 0.29) is 0 Å². The molecule has 1 aromatic carbocycles. The van der Waals surface area contributed by atoms with Crippen LogP contribution in [0.4, 0.5) is 0 Å². The smallest absolute Gasteiger partial charge is 0.216 e. The zero-order valence-electron chi connectivity index (χ0n) is 8.37. The Bertz CT molecular complexity index is 373. The Balaban J connectivity index is 2.45. The van der Waals surface area contributed by atoms with Crippen molar-refractivity contribution in [3.63, 3.8) is 0 Å². The minimum absolute atomic E-state index is 0.354. The van der Waals surface area contributed by atoms with Crippen LogP contribution in [-0.2, 0) is 4.74 Å². The van der Waals surface area contributed by atoms with Gasteiger partial charge in [0.05, 0.1) is 6.54 Å². The lowest BCUT2D eigenvalue weighted by molar-refractivity contribution is 0.348. The summed E-state index contributed by atoms with van der Waals surface area (Å²) < 4.78 is 5.36. The predicted molar refractivity (Wildman–Crippen MR) is 54.9 cm³/mol. The van der Waals surface area contributed by atoms with Crippen molar-refractivity contribution in [1.82, 2.24) is 0 Å². The third-order valence-corrected chi connectivity index (χ3v) is 2.32. The number of ether oxygens (including phenoxy) is 1. The van der Waals surface area contributed by atoms with Crippen molar-refractivity contribution in [2.75, 3.05) is 13.2 Å². The Hall–Kier alpha value is -1.51. The van der Waals surface area contributed by atoms with Crippen LogP contribution in [0, 0.1) is 13.8 Å². The van der Waals surface area contributed by atoms with E-state index in [0.29, 0.717) is 18.3 Å². The molecule has 1 aliphatic heterocycles. The lowest BCUT2D eigenvalue weighted by atomic mass is 10.1. The number of hydrogen-bond acceptors (Lipinski definition) is 3. The summed E-state index contributed by atoms with van der Waals surface area (Å²) in [7, 11) is 0. The average Bonchev–Trinajstić information content (AvgIpc) is 2.66. The van der Waals surface area contributed by atoms with Gasteiger partial charge >= 0.3 is 0 Å². The molecule has 1 heterocycles. The molecule has 0 aromatic heterocycles. The van der Waals surface area contributed by atoms with Crippen molar-refractivity contribution in [1.29, 1.82) is 0 Å². The number of phenols is 1. The lowest BCUT2D eigenvalue weighted by Gasteiger charge is -2.07. The van der Waals surface area contributed by atoms with Crippen LogP contribution in [0.1, 0.15) is 16.7 Å². The van der Waals surface area contributed by atoms with Gasteiger partial charge in [-0.3, -0.25) is 0 Å². The Morgan fingerprint density at radius 2 is 1.93 bits per heavy atom. The van der Waals surface area contributed by atoms with Gasteiger partial charge in [-0.25, -0.2) is 4.99 Å². The first-order chi connectivity index (χ1) is 6.68. The fraction of sp³-hybridized carbons (Fsp3) is 0.364. The van der Waals surface area contributed by atoms with Crippen LogP contribution in [0.2, 0.25) is 0 Å². The highest BCUT2D eigenvalue weighted by Gasteiger charge is 2.12. The number of nitrogens with zero attached hydrogens (tertiary/aromatic N) is 1. The zero-order chi connectivity index (χ0) is 10.1. The molecule has 0 radical (unpaired) electrons. The fourth-order valence-corrected chi connectivity index (χ4v) is 1.59. The van der Waals surface area contributed by atoms with E-state index >= 15 is 0 Å². The lowest BCUT2D eigenvalue weighted by Crippen LogP contribution is -2.02. The number of rotatable bonds is 1. The highest BCUT2D eigenvalue weighted by molar-refractivity contribution is 5.95. The Morgan fingerprint density at radius 3 is 2.43 bits per heavy atom. The van der Waals surface area contributed by atoms with Gasteiger partial charge in [0.15, 0.2) is 0 Å². The highest BCUT2D eigenvalue weighted by Crippen LogP contribution is 2.23. The maximum atomic E-state index is 9.59. The summed E-state index contributed by atoms with van der Waals surface area (Å²) in [5, 5.41) is 9.59. The van der Waals surface area contributed by atoms with Crippen LogP contribution in [0.25, 0.3) is 0 Å². The molecule has 2 rings (SSSR count). The van der Waals surface area contributed by atoms with Crippen molar-refractivity contribution >= 4 is 5.90 Å². The summed E-state index contributed by atoms with van der Waals surface area (Å²) in [6.45, 7) is 5.14. The molecule has 0 bridgehead atoms. The zero-order valence-corrected chi connectivity index (χ0v) is 8.37. The molecule has 0 saturated carbocycles. The number of benzene rings is 1. The van der Waals surface area contributed by atoms with Crippen molar-refractivity contribution in [2.24, 2.45) is 4.99 Å². The molecule has 1 aromatic rings. The third kappa shape index (κ3) is 1.45. The van der Waals surface area contributed by atoms with Crippen LogP contribution in [0.15, 0.2) is 17.1 Å². The Kier molecular flexibility index (Phi) is 2.15. The van der Waals surface area contributed by atoms with E-state index in [1.165, 1.54) is 0 Å². The Labute approximate surface area is 83.1 Å². The summed E-state index contributed by atoms with van der Waals surface area (Å²) in [5.41, 5.74) is 2.67. The summed E-state index contributed by atoms with van der Waals surface area (Å²) in [4.78, 5) is 4.23. The van der Waals surface area contributed by atoms with Gasteiger partial charge in [0.1, 0.15) is 12.4 Å². The number of phenolic OH excluding ortho intramolecular Hbond substituents is 1. The van der Waals surface area contributed by atoms with Crippen LogP contribution in [0.5, 0.6) is 5.75 Å². The van der Waals surface area contributed by atoms with Crippen molar-refractivity contribution in [3.05, 3.63) is 28.8 Å². The second-order valence-electron chi connectivity index (χ2n) is 3.49. The van der Waals surface area contributed by atoms with Crippen molar-refractivity contribution < 1.29 is 9.84 Å². The molecule has 0 unspecified atom stereocenters. The van der Waals surface area contributed by atoms with Gasteiger partial charge in [0.25, 0.3) is 0 Å². The summed E-state index contributed by atoms with van der Waals surface area (Å²) in [6.07, 6.45) is 0. The predicted octanol–water partition coefficient (Wildman–Crippen LogP) is 1.79. The molecule has 0 saturated heterocycles. The molecule has 74 valence electrons. The molecule has 0 spiro atoms. The van der Waals surface area contributed by atoms with E-state index in [1.54, 1.807) is 0 Å². The van der Waals surface area contributed by atoms with E-state index in [4.69, 9.17) is 4.74 Å². The quantitative estimate of drug-likeness (QED) is 0.735. The molecule has 1 aliphatic rings. The molecule has 3 heteroatoms. The first-order valence-electron chi connectivity index (χ1n) is 4.66. The largest absolute Gasteiger partial charge is 0.507 e. The minimum Gasteiger partial charge on any atom is -0.507 e.